The Morgan fingerprint density at radius 2 is 2.06 bits per heavy atom. The number of halogens is 1. The van der Waals surface area contributed by atoms with Crippen LogP contribution in [0.3, 0.4) is 0 Å². The van der Waals surface area contributed by atoms with E-state index in [1.54, 1.807) is 6.07 Å². The molecule has 0 saturated carbocycles. The average Bonchev–Trinajstić information content (AvgIpc) is 2.22. The summed E-state index contributed by atoms with van der Waals surface area (Å²) >= 11 is 0. The molecular weight excluding hydrogens is 203 g/mol. The molecule has 3 heteroatoms. The number of nitrogen functional groups attached to an aromatic ring is 1. The highest BCUT2D eigenvalue weighted by Gasteiger charge is 2.11. The van der Waals surface area contributed by atoms with Gasteiger partial charge in [0, 0.05) is 18.3 Å². The Balaban J connectivity index is 2.80. The van der Waals surface area contributed by atoms with Crippen molar-refractivity contribution in [3.05, 3.63) is 29.6 Å². The number of nitrogens with zero attached hydrogens (tertiary/aromatic N) is 1. The Morgan fingerprint density at radius 3 is 2.62 bits per heavy atom. The van der Waals surface area contributed by atoms with Gasteiger partial charge in [0.1, 0.15) is 5.82 Å². The van der Waals surface area contributed by atoms with Gasteiger partial charge in [-0.05, 0) is 50.6 Å². The molecule has 2 N–H and O–H groups in total. The standard InChI is InChI=1S/C13H21FN2/c1-4-7-16(10(2)3)9-11-8-12(14)5-6-13(11)15/h5-6,8,10H,4,7,9,15H2,1-3H3. The lowest BCUT2D eigenvalue weighted by Crippen LogP contribution is -2.31. The minimum Gasteiger partial charge on any atom is -0.398 e. The van der Waals surface area contributed by atoms with E-state index < -0.39 is 0 Å². The first-order valence-corrected chi connectivity index (χ1v) is 5.82. The Labute approximate surface area is 97.3 Å². The maximum Gasteiger partial charge on any atom is 0.123 e. The molecule has 0 amide bonds. The summed E-state index contributed by atoms with van der Waals surface area (Å²) in [7, 11) is 0. The number of hydrogen-bond donors (Lipinski definition) is 1. The van der Waals surface area contributed by atoms with Crippen molar-refractivity contribution in [3.8, 4) is 0 Å². The van der Waals surface area contributed by atoms with Crippen LogP contribution in [-0.4, -0.2) is 17.5 Å². The van der Waals surface area contributed by atoms with Crippen LogP contribution in [0.15, 0.2) is 18.2 Å². The van der Waals surface area contributed by atoms with E-state index in [4.69, 9.17) is 5.73 Å². The topological polar surface area (TPSA) is 29.3 Å². The second kappa shape index (κ2) is 5.85. The zero-order chi connectivity index (χ0) is 12.1. The Hall–Kier alpha value is -1.09. The number of anilines is 1. The Kier molecular flexibility index (Phi) is 4.74. The van der Waals surface area contributed by atoms with Crippen molar-refractivity contribution in [2.24, 2.45) is 0 Å². The molecule has 0 spiro atoms. The predicted molar refractivity (Wildman–Crippen MR) is 66.6 cm³/mol. The van der Waals surface area contributed by atoms with Gasteiger partial charge in [-0.1, -0.05) is 6.92 Å². The maximum atomic E-state index is 13.1. The molecule has 90 valence electrons. The van der Waals surface area contributed by atoms with Crippen LogP contribution in [0, 0.1) is 5.82 Å². The van der Waals surface area contributed by atoms with E-state index in [1.165, 1.54) is 12.1 Å². The second-order valence-electron chi connectivity index (χ2n) is 4.41. The highest BCUT2D eigenvalue weighted by molar-refractivity contribution is 5.46. The van der Waals surface area contributed by atoms with Crippen molar-refractivity contribution >= 4 is 5.69 Å². The molecule has 16 heavy (non-hydrogen) atoms. The average molecular weight is 224 g/mol. The Morgan fingerprint density at radius 1 is 1.38 bits per heavy atom. The molecule has 0 aliphatic carbocycles. The van der Waals surface area contributed by atoms with Gasteiger partial charge >= 0.3 is 0 Å². The molecule has 0 unspecified atom stereocenters. The van der Waals surface area contributed by atoms with Gasteiger partial charge < -0.3 is 5.73 Å². The zero-order valence-corrected chi connectivity index (χ0v) is 10.3. The summed E-state index contributed by atoms with van der Waals surface area (Å²) in [6, 6.07) is 5.01. The molecule has 0 aliphatic heterocycles. The van der Waals surface area contributed by atoms with E-state index in [2.05, 4.69) is 25.7 Å². The van der Waals surface area contributed by atoms with Gasteiger partial charge in [0.05, 0.1) is 0 Å². The van der Waals surface area contributed by atoms with E-state index in [0.717, 1.165) is 25.1 Å². The lowest BCUT2D eigenvalue weighted by atomic mass is 10.1. The minimum atomic E-state index is -0.218. The summed E-state index contributed by atoms with van der Waals surface area (Å²) in [5.74, 6) is -0.218. The van der Waals surface area contributed by atoms with Gasteiger partial charge in [0.2, 0.25) is 0 Å². The monoisotopic (exact) mass is 224 g/mol. The molecule has 0 heterocycles. The van der Waals surface area contributed by atoms with Gasteiger partial charge in [-0.3, -0.25) is 4.90 Å². The van der Waals surface area contributed by atoms with Crippen molar-refractivity contribution in [1.82, 2.24) is 4.90 Å². The first-order chi connectivity index (χ1) is 7.54. The van der Waals surface area contributed by atoms with Crippen LogP contribution in [0.25, 0.3) is 0 Å². The summed E-state index contributed by atoms with van der Waals surface area (Å²) in [5, 5.41) is 0. The van der Waals surface area contributed by atoms with Crippen LogP contribution in [0.2, 0.25) is 0 Å². The molecule has 1 aromatic rings. The van der Waals surface area contributed by atoms with Gasteiger partial charge in [0.25, 0.3) is 0 Å². The van der Waals surface area contributed by atoms with Crippen molar-refractivity contribution in [1.29, 1.82) is 0 Å². The van der Waals surface area contributed by atoms with Gasteiger partial charge in [-0.25, -0.2) is 4.39 Å². The maximum absolute atomic E-state index is 13.1. The van der Waals surface area contributed by atoms with Gasteiger partial charge in [-0.2, -0.15) is 0 Å². The fourth-order valence-corrected chi connectivity index (χ4v) is 1.74. The fraction of sp³-hybridized carbons (Fsp3) is 0.538. The van der Waals surface area contributed by atoms with Crippen LogP contribution in [-0.2, 0) is 6.54 Å². The van der Waals surface area contributed by atoms with E-state index in [9.17, 15) is 4.39 Å². The minimum absolute atomic E-state index is 0.218. The van der Waals surface area contributed by atoms with Crippen LogP contribution in [0.4, 0.5) is 10.1 Å². The van der Waals surface area contributed by atoms with E-state index in [-0.39, 0.29) is 5.82 Å². The number of benzene rings is 1. The SMILES string of the molecule is CCCN(Cc1cc(F)ccc1N)C(C)C. The summed E-state index contributed by atoms with van der Waals surface area (Å²) < 4.78 is 13.1. The fourth-order valence-electron chi connectivity index (χ4n) is 1.74. The van der Waals surface area contributed by atoms with E-state index in [0.29, 0.717) is 11.7 Å². The van der Waals surface area contributed by atoms with Gasteiger partial charge in [0.15, 0.2) is 0 Å². The molecule has 2 nitrogen and oxygen atoms in total. The first-order valence-electron chi connectivity index (χ1n) is 5.82. The van der Waals surface area contributed by atoms with Crippen LogP contribution in [0.1, 0.15) is 32.8 Å². The number of hydrogen-bond acceptors (Lipinski definition) is 2. The summed E-state index contributed by atoms with van der Waals surface area (Å²) in [6.45, 7) is 8.16. The zero-order valence-electron chi connectivity index (χ0n) is 10.3. The highest BCUT2D eigenvalue weighted by atomic mass is 19.1. The molecule has 1 aromatic carbocycles. The van der Waals surface area contributed by atoms with Crippen LogP contribution in [0.5, 0.6) is 0 Å². The third-order valence-corrected chi connectivity index (χ3v) is 2.72. The Bertz CT molecular complexity index is 337. The molecule has 0 atom stereocenters. The van der Waals surface area contributed by atoms with Crippen molar-refractivity contribution < 1.29 is 4.39 Å². The third kappa shape index (κ3) is 3.49. The quantitative estimate of drug-likeness (QED) is 0.779. The predicted octanol–water partition coefficient (Wildman–Crippen LogP) is 3.03. The molecule has 0 fully saturated rings. The lowest BCUT2D eigenvalue weighted by molar-refractivity contribution is 0.213. The smallest absolute Gasteiger partial charge is 0.123 e. The van der Waals surface area contributed by atoms with Crippen LogP contribution >= 0.6 is 0 Å². The van der Waals surface area contributed by atoms with Crippen molar-refractivity contribution in [2.75, 3.05) is 12.3 Å². The highest BCUT2D eigenvalue weighted by Crippen LogP contribution is 2.17. The summed E-state index contributed by atoms with van der Waals surface area (Å²) in [5.41, 5.74) is 7.39. The van der Waals surface area contributed by atoms with E-state index >= 15 is 0 Å². The molecule has 0 aliphatic rings. The first kappa shape index (κ1) is 13.0. The van der Waals surface area contributed by atoms with Gasteiger partial charge in [-0.15, -0.1) is 0 Å². The summed E-state index contributed by atoms with van der Waals surface area (Å²) in [4.78, 5) is 2.30. The number of rotatable bonds is 5. The largest absolute Gasteiger partial charge is 0.398 e. The van der Waals surface area contributed by atoms with Crippen LogP contribution < -0.4 is 5.73 Å². The third-order valence-electron chi connectivity index (χ3n) is 2.72. The normalized spacial score (nSPS) is 11.4. The molecule has 1 rings (SSSR count). The lowest BCUT2D eigenvalue weighted by Gasteiger charge is -2.26. The summed E-state index contributed by atoms with van der Waals surface area (Å²) in [6.07, 6.45) is 1.09. The molecule has 0 radical (unpaired) electrons. The molecule has 0 aromatic heterocycles. The number of nitrogens with two attached hydrogens (primary N) is 1. The molecular formula is C13H21FN2. The van der Waals surface area contributed by atoms with E-state index in [1.807, 2.05) is 0 Å². The van der Waals surface area contributed by atoms with Crippen molar-refractivity contribution in [2.45, 2.75) is 39.8 Å². The van der Waals surface area contributed by atoms with Crippen molar-refractivity contribution in [3.63, 3.8) is 0 Å². The molecule has 0 bridgehead atoms. The second-order valence-corrected chi connectivity index (χ2v) is 4.41. The molecule has 0 saturated heterocycles.